The van der Waals surface area contributed by atoms with E-state index in [1.165, 1.54) is 7.11 Å². The van der Waals surface area contributed by atoms with Crippen molar-refractivity contribution in [2.75, 3.05) is 78.5 Å². The number of likely N-dealkylation sites (N-methyl/N-ethyl adjacent to an activating group) is 2. The highest BCUT2D eigenvalue weighted by atomic mass is 16.5. The molecule has 0 atom stereocenters. The van der Waals surface area contributed by atoms with Crippen LogP contribution in [0.5, 0.6) is 0 Å². The van der Waals surface area contributed by atoms with Crippen molar-refractivity contribution in [1.29, 1.82) is 0 Å². The Hall–Kier alpha value is -3.68. The van der Waals surface area contributed by atoms with Crippen LogP contribution in [0.25, 0.3) is 33.4 Å². The first kappa shape index (κ1) is 24.6. The van der Waals surface area contributed by atoms with Gasteiger partial charge in [-0.1, -0.05) is 18.2 Å². The van der Waals surface area contributed by atoms with Gasteiger partial charge in [0, 0.05) is 60.5 Å². The van der Waals surface area contributed by atoms with Gasteiger partial charge in [-0.3, -0.25) is 4.90 Å². The highest BCUT2D eigenvalue weighted by molar-refractivity contribution is 6.08. The van der Waals surface area contributed by atoms with E-state index in [4.69, 9.17) is 9.15 Å². The van der Waals surface area contributed by atoms with Gasteiger partial charge in [0.25, 0.3) is 0 Å². The predicted molar refractivity (Wildman–Crippen MR) is 152 cm³/mol. The van der Waals surface area contributed by atoms with E-state index in [-0.39, 0.29) is 5.97 Å². The van der Waals surface area contributed by atoms with Crippen LogP contribution in [0.4, 0.5) is 5.69 Å². The SMILES string of the molecule is COC(=O)c1ccccc1-c1c2ccc(=[N+]3CCN(C)CC3)cc-2oc2cc(N3CCN(C)CC3)ccc12. The Morgan fingerprint density at radius 2 is 1.58 bits per heavy atom. The van der Waals surface area contributed by atoms with Crippen LogP contribution in [0.15, 0.2) is 65.1 Å². The number of hydrogen-bond acceptors (Lipinski definition) is 6. The van der Waals surface area contributed by atoms with Crippen LogP contribution in [-0.4, -0.2) is 89.3 Å². The number of hydrogen-bond donors (Lipinski definition) is 0. The lowest BCUT2D eigenvalue weighted by Crippen LogP contribution is -2.46. The molecule has 7 nitrogen and oxygen atoms in total. The smallest absolute Gasteiger partial charge is 0.338 e. The van der Waals surface area contributed by atoms with E-state index in [9.17, 15) is 4.79 Å². The number of anilines is 1. The summed E-state index contributed by atoms with van der Waals surface area (Å²) in [6.07, 6.45) is 0. The number of rotatable bonds is 3. The molecular weight excluding hydrogens is 476 g/mol. The summed E-state index contributed by atoms with van der Waals surface area (Å²) in [5.41, 5.74) is 5.37. The number of fused-ring (bicyclic) bond motifs is 2. The number of ether oxygens (including phenoxy) is 1. The van der Waals surface area contributed by atoms with Gasteiger partial charge in [0.05, 0.1) is 31.8 Å². The fourth-order valence-corrected chi connectivity index (χ4v) is 5.67. The van der Waals surface area contributed by atoms with Crippen LogP contribution in [0.3, 0.4) is 0 Å². The van der Waals surface area contributed by atoms with Crippen molar-refractivity contribution in [3.8, 4) is 22.5 Å². The van der Waals surface area contributed by atoms with Gasteiger partial charge in [-0.15, -0.1) is 0 Å². The maximum absolute atomic E-state index is 12.8. The molecule has 4 aliphatic rings. The maximum Gasteiger partial charge on any atom is 0.338 e. The second-order valence-corrected chi connectivity index (χ2v) is 10.5. The van der Waals surface area contributed by atoms with Gasteiger partial charge in [-0.25, -0.2) is 9.37 Å². The van der Waals surface area contributed by atoms with Gasteiger partial charge in [0.1, 0.15) is 11.3 Å². The predicted octanol–water partition coefficient (Wildman–Crippen LogP) is 3.46. The average molecular weight is 512 g/mol. The lowest BCUT2D eigenvalue weighted by atomic mass is 9.90. The van der Waals surface area contributed by atoms with E-state index in [0.717, 1.165) is 96.8 Å². The van der Waals surface area contributed by atoms with Crippen LogP contribution < -0.4 is 14.8 Å². The fourth-order valence-electron chi connectivity index (χ4n) is 5.67. The van der Waals surface area contributed by atoms with E-state index in [2.05, 4.69) is 69.8 Å². The van der Waals surface area contributed by atoms with Crippen molar-refractivity contribution in [3.05, 3.63) is 71.6 Å². The van der Waals surface area contributed by atoms with Gasteiger partial charge in [0.2, 0.25) is 5.36 Å². The second-order valence-electron chi connectivity index (χ2n) is 10.5. The molecule has 0 amide bonds. The molecule has 2 fully saturated rings. The van der Waals surface area contributed by atoms with Crippen molar-refractivity contribution < 1.29 is 13.9 Å². The van der Waals surface area contributed by atoms with Crippen LogP contribution in [0.1, 0.15) is 10.4 Å². The topological polar surface area (TPSA) is 52.2 Å². The summed E-state index contributed by atoms with van der Waals surface area (Å²) < 4.78 is 14.2. The number of carbonyl (C=O) groups excluding carboxylic acids is 1. The second kappa shape index (κ2) is 10.2. The molecule has 3 aliphatic heterocycles. The molecule has 0 aromatic heterocycles. The Balaban J connectivity index is 1.58. The third kappa shape index (κ3) is 4.57. The third-order valence-corrected chi connectivity index (χ3v) is 8.03. The molecule has 1 aliphatic carbocycles. The van der Waals surface area contributed by atoms with E-state index in [0.29, 0.717) is 5.56 Å². The molecule has 0 spiro atoms. The van der Waals surface area contributed by atoms with Gasteiger partial charge in [-0.2, -0.15) is 0 Å². The molecule has 2 aromatic rings. The van der Waals surface area contributed by atoms with Gasteiger partial charge in [-0.05, 0) is 43.9 Å². The molecule has 7 heteroatoms. The molecule has 2 saturated heterocycles. The number of nitrogens with zero attached hydrogens (tertiary/aromatic N) is 4. The highest BCUT2D eigenvalue weighted by Crippen LogP contribution is 2.42. The van der Waals surface area contributed by atoms with Crippen LogP contribution in [-0.2, 0) is 4.74 Å². The molecule has 3 heterocycles. The minimum absolute atomic E-state index is 0.342. The lowest BCUT2D eigenvalue weighted by molar-refractivity contribution is 0.0601. The largest absolute Gasteiger partial charge is 0.465 e. The van der Waals surface area contributed by atoms with E-state index >= 15 is 0 Å². The number of benzene rings is 3. The summed E-state index contributed by atoms with van der Waals surface area (Å²) in [6.45, 7) is 8.11. The Labute approximate surface area is 223 Å². The van der Waals surface area contributed by atoms with Gasteiger partial charge < -0.3 is 19.0 Å². The van der Waals surface area contributed by atoms with Crippen molar-refractivity contribution >= 4 is 22.6 Å². The van der Waals surface area contributed by atoms with Gasteiger partial charge >= 0.3 is 5.97 Å². The van der Waals surface area contributed by atoms with Crippen LogP contribution in [0.2, 0.25) is 0 Å². The van der Waals surface area contributed by atoms with Crippen molar-refractivity contribution in [3.63, 3.8) is 0 Å². The molecule has 2 aromatic carbocycles. The van der Waals surface area contributed by atoms with E-state index in [1.807, 2.05) is 24.3 Å². The number of methoxy groups -OCH3 is 1. The first-order valence-corrected chi connectivity index (χ1v) is 13.4. The number of esters is 1. The summed E-state index contributed by atoms with van der Waals surface area (Å²) in [4.78, 5) is 19.9. The van der Waals surface area contributed by atoms with Crippen molar-refractivity contribution in [2.45, 2.75) is 0 Å². The zero-order valence-corrected chi connectivity index (χ0v) is 22.4. The standard InChI is InChI=1S/C31H35N4O3/c1-32-12-16-34(17-13-32)22-8-10-26-28(20-22)38-29-21-23(35-18-14-33(2)15-19-35)9-11-27(29)30(26)24-6-4-5-7-25(24)31(36)37-3/h4-11,20-21H,12-19H2,1-3H3/q+1. The molecule has 0 saturated carbocycles. The minimum Gasteiger partial charge on any atom is -0.465 e. The molecule has 196 valence electrons. The molecule has 0 bridgehead atoms. The maximum atomic E-state index is 12.8. The molecule has 38 heavy (non-hydrogen) atoms. The van der Waals surface area contributed by atoms with E-state index in [1.54, 1.807) is 0 Å². The van der Waals surface area contributed by atoms with Crippen LogP contribution >= 0.6 is 0 Å². The Morgan fingerprint density at radius 3 is 2.34 bits per heavy atom. The Bertz CT molecular complexity index is 1520. The molecular formula is C31H35N4O3+. The van der Waals surface area contributed by atoms with Gasteiger partial charge in [0.15, 0.2) is 13.1 Å². The number of piperazine rings is 2. The minimum atomic E-state index is -0.342. The molecule has 0 radical (unpaired) electrons. The first-order valence-electron chi connectivity index (χ1n) is 13.4. The Morgan fingerprint density at radius 1 is 0.842 bits per heavy atom. The third-order valence-electron chi connectivity index (χ3n) is 8.03. The lowest BCUT2D eigenvalue weighted by Gasteiger charge is -2.34. The van der Waals surface area contributed by atoms with E-state index < -0.39 is 0 Å². The summed E-state index contributed by atoms with van der Waals surface area (Å²) in [5.74, 6) is 0.477. The molecule has 6 rings (SSSR count). The first-order chi connectivity index (χ1) is 18.5. The number of carbonyl (C=O) groups is 1. The Kier molecular flexibility index (Phi) is 6.64. The normalized spacial score (nSPS) is 17.3. The summed E-state index contributed by atoms with van der Waals surface area (Å²) in [6, 6.07) is 20.7. The zero-order chi connectivity index (χ0) is 26.2. The molecule has 0 unspecified atom stereocenters. The molecule has 0 N–H and O–H groups in total. The summed E-state index contributed by atoms with van der Waals surface area (Å²) in [5, 5.41) is 2.15. The zero-order valence-electron chi connectivity index (χ0n) is 22.4. The highest BCUT2D eigenvalue weighted by Gasteiger charge is 2.24. The monoisotopic (exact) mass is 511 g/mol. The average Bonchev–Trinajstić information content (AvgIpc) is 2.95. The van der Waals surface area contributed by atoms with Crippen molar-refractivity contribution in [1.82, 2.24) is 14.4 Å². The summed E-state index contributed by atoms with van der Waals surface area (Å²) in [7, 11) is 5.77. The summed E-state index contributed by atoms with van der Waals surface area (Å²) >= 11 is 0. The van der Waals surface area contributed by atoms with Crippen LogP contribution in [0, 0.1) is 0 Å². The van der Waals surface area contributed by atoms with Crippen molar-refractivity contribution in [2.24, 2.45) is 0 Å². The fraction of sp³-hybridized carbons (Fsp3) is 0.355. The quantitative estimate of drug-likeness (QED) is 0.239.